The Kier molecular flexibility index (Phi) is 6.74. The van der Waals surface area contributed by atoms with Gasteiger partial charge in [-0.15, -0.1) is 0 Å². The topological polar surface area (TPSA) is 55.8 Å². The fourth-order valence-corrected chi connectivity index (χ4v) is 1.54. The number of benzene rings is 2. The lowest BCUT2D eigenvalue weighted by Crippen LogP contribution is -1.98. The minimum Gasteiger partial charge on any atom is -0.497 e. The quantitative estimate of drug-likeness (QED) is 0.940. The van der Waals surface area contributed by atoms with Crippen molar-refractivity contribution in [3.8, 4) is 11.5 Å². The second-order valence-corrected chi connectivity index (χ2v) is 4.09. The summed E-state index contributed by atoms with van der Waals surface area (Å²) in [5.41, 5.74) is 0.843. The highest BCUT2D eigenvalue weighted by Crippen LogP contribution is 2.20. The van der Waals surface area contributed by atoms with Gasteiger partial charge in [0, 0.05) is 18.2 Å². The number of hydrogen-bond acceptors (Lipinski definition) is 3. The van der Waals surface area contributed by atoms with E-state index in [2.05, 4.69) is 0 Å². The molecule has 0 aliphatic carbocycles. The van der Waals surface area contributed by atoms with Crippen molar-refractivity contribution in [2.75, 3.05) is 14.2 Å². The third kappa shape index (κ3) is 6.42. The van der Waals surface area contributed by atoms with Crippen LogP contribution in [0.5, 0.6) is 11.5 Å². The van der Waals surface area contributed by atoms with Crippen LogP contribution in [0.3, 0.4) is 0 Å². The summed E-state index contributed by atoms with van der Waals surface area (Å²) in [4.78, 5) is 10.2. The van der Waals surface area contributed by atoms with E-state index in [4.69, 9.17) is 14.6 Å². The molecule has 112 valence electrons. The van der Waals surface area contributed by atoms with Crippen LogP contribution in [0.4, 0.5) is 4.39 Å². The van der Waals surface area contributed by atoms with Crippen molar-refractivity contribution < 1.29 is 23.8 Å². The molecular weight excluding hydrogens is 275 g/mol. The molecule has 0 bridgehead atoms. The van der Waals surface area contributed by atoms with E-state index >= 15 is 0 Å². The Labute approximate surface area is 122 Å². The number of methoxy groups -OCH3 is 2. The first-order valence-electron chi connectivity index (χ1n) is 6.19. The van der Waals surface area contributed by atoms with Gasteiger partial charge in [-0.05, 0) is 5.56 Å². The van der Waals surface area contributed by atoms with Gasteiger partial charge in [0.25, 0.3) is 0 Å². The summed E-state index contributed by atoms with van der Waals surface area (Å²) in [6, 6.07) is 13.3. The third-order valence-electron chi connectivity index (χ3n) is 2.51. The van der Waals surface area contributed by atoms with E-state index in [-0.39, 0.29) is 12.2 Å². The normalized spacial score (nSPS) is 9.29. The first-order chi connectivity index (χ1) is 10.0. The van der Waals surface area contributed by atoms with Gasteiger partial charge < -0.3 is 14.6 Å². The second kappa shape index (κ2) is 8.58. The van der Waals surface area contributed by atoms with Crippen molar-refractivity contribution in [1.82, 2.24) is 0 Å². The lowest BCUT2D eigenvalue weighted by atomic mass is 10.2. The molecule has 0 saturated heterocycles. The minimum atomic E-state index is -0.786. The molecule has 0 fully saturated rings. The van der Waals surface area contributed by atoms with E-state index in [1.54, 1.807) is 18.2 Å². The Morgan fingerprint density at radius 1 is 1.05 bits per heavy atom. The number of carboxylic acid groups (broad SMARTS) is 1. The average molecular weight is 292 g/mol. The molecule has 0 aromatic heterocycles. The molecule has 0 amide bonds. The molecule has 2 aromatic rings. The summed E-state index contributed by atoms with van der Waals surface area (Å²) in [6.45, 7) is 0. The van der Waals surface area contributed by atoms with Crippen LogP contribution in [0.25, 0.3) is 0 Å². The first kappa shape index (κ1) is 16.5. The average Bonchev–Trinajstić information content (AvgIpc) is 2.47. The fourth-order valence-electron chi connectivity index (χ4n) is 1.54. The molecular formula is C16H17FO4. The second-order valence-electron chi connectivity index (χ2n) is 4.09. The number of rotatable bonds is 4. The lowest BCUT2D eigenvalue weighted by Gasteiger charge is -2.02. The van der Waals surface area contributed by atoms with Gasteiger partial charge in [0.2, 0.25) is 0 Å². The Balaban J connectivity index is 0.000000211. The van der Waals surface area contributed by atoms with Crippen molar-refractivity contribution in [3.05, 3.63) is 59.9 Å². The fraction of sp³-hybridized carbons (Fsp3) is 0.188. The van der Waals surface area contributed by atoms with Crippen LogP contribution in [0.15, 0.2) is 48.5 Å². The third-order valence-corrected chi connectivity index (χ3v) is 2.51. The summed E-state index contributed by atoms with van der Waals surface area (Å²) < 4.78 is 22.3. The predicted octanol–water partition coefficient (Wildman–Crippen LogP) is 3.16. The maximum absolute atomic E-state index is 12.6. The molecule has 0 heterocycles. The van der Waals surface area contributed by atoms with Crippen LogP contribution in [-0.4, -0.2) is 25.3 Å². The van der Waals surface area contributed by atoms with Crippen molar-refractivity contribution in [2.24, 2.45) is 0 Å². The molecule has 0 spiro atoms. The van der Waals surface area contributed by atoms with E-state index in [1.807, 2.05) is 18.2 Å². The number of carboxylic acids is 1. The monoisotopic (exact) mass is 292 g/mol. The zero-order valence-electron chi connectivity index (χ0n) is 11.9. The standard InChI is InChI=1S/C8H9FO2.C8H8O2/c1-10-7-3-6(9)4-8(5-7)11-2;9-8(10)6-7-4-2-1-3-5-7/h3-5H,1-2H3;1-5H,6H2,(H,9,10). The van der Waals surface area contributed by atoms with Gasteiger partial charge in [0.1, 0.15) is 17.3 Å². The Hall–Kier alpha value is -2.56. The molecule has 2 aromatic carbocycles. The Morgan fingerprint density at radius 3 is 2.00 bits per heavy atom. The van der Waals surface area contributed by atoms with Crippen LogP contribution in [0, 0.1) is 5.82 Å². The smallest absolute Gasteiger partial charge is 0.307 e. The molecule has 21 heavy (non-hydrogen) atoms. The lowest BCUT2D eigenvalue weighted by molar-refractivity contribution is -0.136. The largest absolute Gasteiger partial charge is 0.497 e. The zero-order valence-corrected chi connectivity index (χ0v) is 11.9. The summed E-state index contributed by atoms with van der Waals surface area (Å²) in [6.07, 6.45) is 0.112. The highest BCUT2D eigenvalue weighted by Gasteiger charge is 1.99. The number of aliphatic carboxylic acids is 1. The molecule has 5 heteroatoms. The minimum absolute atomic E-state index is 0.112. The zero-order chi connectivity index (χ0) is 15.7. The van der Waals surface area contributed by atoms with Crippen molar-refractivity contribution >= 4 is 5.97 Å². The van der Waals surface area contributed by atoms with E-state index < -0.39 is 5.97 Å². The first-order valence-corrected chi connectivity index (χ1v) is 6.19. The molecule has 1 N–H and O–H groups in total. The van der Waals surface area contributed by atoms with Crippen molar-refractivity contribution in [3.63, 3.8) is 0 Å². The molecule has 0 saturated carbocycles. The molecule has 4 nitrogen and oxygen atoms in total. The molecule has 0 aliphatic rings. The SMILES string of the molecule is COc1cc(F)cc(OC)c1.O=C(O)Cc1ccccc1. The molecule has 0 unspecified atom stereocenters. The van der Waals surface area contributed by atoms with Crippen LogP contribution >= 0.6 is 0 Å². The van der Waals surface area contributed by atoms with Gasteiger partial charge in [-0.25, -0.2) is 4.39 Å². The van der Waals surface area contributed by atoms with Gasteiger partial charge in [-0.2, -0.15) is 0 Å². The van der Waals surface area contributed by atoms with E-state index in [1.165, 1.54) is 26.4 Å². The van der Waals surface area contributed by atoms with Crippen molar-refractivity contribution in [2.45, 2.75) is 6.42 Å². The molecule has 2 rings (SSSR count). The Bertz CT molecular complexity index is 547. The maximum Gasteiger partial charge on any atom is 0.307 e. The van der Waals surface area contributed by atoms with Crippen LogP contribution in [0.2, 0.25) is 0 Å². The highest BCUT2D eigenvalue weighted by atomic mass is 19.1. The van der Waals surface area contributed by atoms with E-state index in [0.717, 1.165) is 5.56 Å². The number of halogens is 1. The van der Waals surface area contributed by atoms with Crippen molar-refractivity contribution in [1.29, 1.82) is 0 Å². The van der Waals surface area contributed by atoms with E-state index in [9.17, 15) is 9.18 Å². The van der Waals surface area contributed by atoms with E-state index in [0.29, 0.717) is 11.5 Å². The van der Waals surface area contributed by atoms with Gasteiger partial charge in [-0.1, -0.05) is 30.3 Å². The summed E-state index contributed by atoms with van der Waals surface area (Å²) in [5.74, 6) is -0.226. The number of hydrogen-bond donors (Lipinski definition) is 1. The molecule has 0 radical (unpaired) electrons. The van der Waals surface area contributed by atoms with Gasteiger partial charge in [0.15, 0.2) is 0 Å². The van der Waals surface area contributed by atoms with Crippen LogP contribution < -0.4 is 9.47 Å². The molecule has 0 aliphatic heterocycles. The van der Waals surface area contributed by atoms with Crippen LogP contribution in [0.1, 0.15) is 5.56 Å². The summed E-state index contributed by atoms with van der Waals surface area (Å²) >= 11 is 0. The van der Waals surface area contributed by atoms with Gasteiger partial charge >= 0.3 is 5.97 Å². The highest BCUT2D eigenvalue weighted by molar-refractivity contribution is 5.70. The number of ether oxygens (including phenoxy) is 2. The van der Waals surface area contributed by atoms with Gasteiger partial charge in [0.05, 0.1) is 20.6 Å². The van der Waals surface area contributed by atoms with Gasteiger partial charge in [-0.3, -0.25) is 4.79 Å². The Morgan fingerprint density at radius 2 is 1.57 bits per heavy atom. The molecule has 0 atom stereocenters. The maximum atomic E-state index is 12.6. The summed E-state index contributed by atoms with van der Waals surface area (Å²) in [7, 11) is 2.96. The predicted molar refractivity (Wildman–Crippen MR) is 77.3 cm³/mol. The van der Waals surface area contributed by atoms with Crippen LogP contribution in [-0.2, 0) is 11.2 Å². The number of carbonyl (C=O) groups is 1. The summed E-state index contributed by atoms with van der Waals surface area (Å²) in [5, 5.41) is 8.37.